The third kappa shape index (κ3) is 3.78. The van der Waals surface area contributed by atoms with Gasteiger partial charge in [-0.3, -0.25) is 14.6 Å². The molecule has 2 aromatic rings. The number of unbranched alkanes of at least 4 members (excludes halogenated alkanes) is 1. The Morgan fingerprint density at radius 2 is 1.86 bits per heavy atom. The van der Waals surface area contributed by atoms with E-state index in [1.165, 1.54) is 0 Å². The van der Waals surface area contributed by atoms with E-state index in [-0.39, 0.29) is 11.8 Å². The second-order valence-electron chi connectivity index (χ2n) is 5.09. The number of carbonyl (C=O) groups excluding carboxylic acids is 2. The summed E-state index contributed by atoms with van der Waals surface area (Å²) >= 11 is 0. The second kappa shape index (κ2) is 6.83. The van der Waals surface area contributed by atoms with E-state index < -0.39 is 5.92 Å². The number of para-hydroxylation sites is 1. The lowest BCUT2D eigenvalue weighted by Gasteiger charge is -2.15. The lowest BCUT2D eigenvalue weighted by Crippen LogP contribution is -2.22. The van der Waals surface area contributed by atoms with Crippen molar-refractivity contribution in [2.24, 2.45) is 11.5 Å². The first-order chi connectivity index (χ1) is 10.1. The van der Waals surface area contributed by atoms with Gasteiger partial charge in [-0.15, -0.1) is 0 Å². The fourth-order valence-corrected chi connectivity index (χ4v) is 2.51. The molecule has 0 saturated heterocycles. The van der Waals surface area contributed by atoms with Crippen LogP contribution in [0.4, 0.5) is 0 Å². The monoisotopic (exact) mass is 285 g/mol. The Morgan fingerprint density at radius 1 is 1.10 bits per heavy atom. The largest absolute Gasteiger partial charge is 0.370 e. The van der Waals surface area contributed by atoms with Gasteiger partial charge in [0.2, 0.25) is 11.8 Å². The molecular formula is C16H19N3O2. The predicted molar refractivity (Wildman–Crippen MR) is 81.3 cm³/mol. The van der Waals surface area contributed by atoms with Crippen LogP contribution >= 0.6 is 0 Å². The Balaban J connectivity index is 2.20. The van der Waals surface area contributed by atoms with Crippen molar-refractivity contribution in [3.05, 3.63) is 42.1 Å². The first-order valence-electron chi connectivity index (χ1n) is 7.01. The number of amides is 2. The molecule has 0 radical (unpaired) electrons. The normalized spacial score (nSPS) is 12.2. The fourth-order valence-electron chi connectivity index (χ4n) is 2.51. The molecule has 0 saturated carbocycles. The molecule has 0 aliphatic carbocycles. The molecule has 0 aliphatic rings. The number of fused-ring (bicyclic) bond motifs is 1. The van der Waals surface area contributed by atoms with Crippen molar-refractivity contribution in [2.75, 3.05) is 0 Å². The van der Waals surface area contributed by atoms with E-state index >= 15 is 0 Å². The summed E-state index contributed by atoms with van der Waals surface area (Å²) in [4.78, 5) is 26.9. The number of hydrogen-bond acceptors (Lipinski definition) is 3. The summed E-state index contributed by atoms with van der Waals surface area (Å²) in [5.41, 5.74) is 12.3. The lowest BCUT2D eigenvalue weighted by atomic mass is 9.90. The van der Waals surface area contributed by atoms with Crippen LogP contribution < -0.4 is 11.5 Å². The van der Waals surface area contributed by atoms with Gasteiger partial charge in [0.05, 0.1) is 11.4 Å². The zero-order chi connectivity index (χ0) is 15.2. The second-order valence-corrected chi connectivity index (χ2v) is 5.09. The van der Waals surface area contributed by atoms with Crippen LogP contribution in [0.1, 0.15) is 37.2 Å². The van der Waals surface area contributed by atoms with E-state index in [4.69, 9.17) is 11.5 Å². The standard InChI is InChI=1S/C16H19N3O2/c17-14(20)9-2-1-7-13(16(18)21)12-8-3-5-11-6-4-10-19-15(11)12/h3-6,8,10,13H,1-2,7,9H2,(H2,17,20)(H2,18,21). The minimum atomic E-state index is -0.392. The number of nitrogens with zero attached hydrogens (tertiary/aromatic N) is 1. The van der Waals surface area contributed by atoms with Gasteiger partial charge in [0.1, 0.15) is 0 Å². The number of primary amides is 2. The van der Waals surface area contributed by atoms with Gasteiger partial charge in [-0.1, -0.05) is 30.7 Å². The van der Waals surface area contributed by atoms with Crippen LogP contribution in [0.15, 0.2) is 36.5 Å². The average molecular weight is 285 g/mol. The smallest absolute Gasteiger partial charge is 0.225 e. The predicted octanol–water partition coefficient (Wildman–Crippen LogP) is 1.85. The third-order valence-corrected chi connectivity index (χ3v) is 3.55. The van der Waals surface area contributed by atoms with Crippen LogP contribution in [-0.4, -0.2) is 16.8 Å². The summed E-state index contributed by atoms with van der Waals surface area (Å²) in [5, 5.41) is 0.985. The maximum Gasteiger partial charge on any atom is 0.225 e. The van der Waals surface area contributed by atoms with Crippen LogP contribution in [0.5, 0.6) is 0 Å². The SMILES string of the molecule is NC(=O)CCCCC(C(N)=O)c1cccc2cccnc12. The van der Waals surface area contributed by atoms with Gasteiger partial charge in [-0.05, 0) is 24.5 Å². The molecule has 2 amide bonds. The fraction of sp³-hybridized carbons (Fsp3) is 0.312. The number of nitrogens with two attached hydrogens (primary N) is 2. The number of pyridine rings is 1. The highest BCUT2D eigenvalue weighted by Crippen LogP contribution is 2.28. The van der Waals surface area contributed by atoms with Crippen molar-refractivity contribution in [1.82, 2.24) is 4.98 Å². The van der Waals surface area contributed by atoms with Gasteiger partial charge in [-0.2, -0.15) is 0 Å². The lowest BCUT2D eigenvalue weighted by molar-refractivity contribution is -0.119. The molecule has 1 aromatic carbocycles. The minimum Gasteiger partial charge on any atom is -0.370 e. The number of aromatic nitrogens is 1. The number of rotatable bonds is 7. The van der Waals surface area contributed by atoms with Crippen molar-refractivity contribution in [1.29, 1.82) is 0 Å². The van der Waals surface area contributed by atoms with Gasteiger partial charge in [0.15, 0.2) is 0 Å². The molecule has 1 unspecified atom stereocenters. The molecule has 2 rings (SSSR count). The summed E-state index contributed by atoms with van der Waals surface area (Å²) in [6, 6.07) is 9.56. The Morgan fingerprint density at radius 3 is 2.57 bits per heavy atom. The summed E-state index contributed by atoms with van der Waals surface area (Å²) < 4.78 is 0. The van der Waals surface area contributed by atoms with Crippen LogP contribution in [0.3, 0.4) is 0 Å². The molecule has 110 valence electrons. The molecule has 5 heteroatoms. The molecular weight excluding hydrogens is 266 g/mol. The Bertz CT molecular complexity index is 650. The molecule has 5 nitrogen and oxygen atoms in total. The molecule has 0 fully saturated rings. The first-order valence-corrected chi connectivity index (χ1v) is 7.01. The molecule has 1 heterocycles. The Labute approximate surface area is 123 Å². The van der Waals surface area contributed by atoms with Gasteiger partial charge in [-0.25, -0.2) is 0 Å². The molecule has 4 N–H and O–H groups in total. The summed E-state index contributed by atoms with van der Waals surface area (Å²) in [6.07, 6.45) is 4.02. The van der Waals surface area contributed by atoms with Gasteiger partial charge in [0, 0.05) is 18.0 Å². The Kier molecular flexibility index (Phi) is 4.87. The molecule has 0 bridgehead atoms. The van der Waals surface area contributed by atoms with E-state index in [2.05, 4.69) is 4.98 Å². The number of benzene rings is 1. The van der Waals surface area contributed by atoms with Crippen molar-refractivity contribution >= 4 is 22.7 Å². The topological polar surface area (TPSA) is 99.1 Å². The molecule has 1 atom stereocenters. The molecule has 0 spiro atoms. The zero-order valence-corrected chi connectivity index (χ0v) is 11.8. The minimum absolute atomic E-state index is 0.322. The quantitative estimate of drug-likeness (QED) is 0.759. The van der Waals surface area contributed by atoms with Crippen molar-refractivity contribution < 1.29 is 9.59 Å². The molecule has 21 heavy (non-hydrogen) atoms. The Hall–Kier alpha value is -2.43. The third-order valence-electron chi connectivity index (χ3n) is 3.55. The van der Waals surface area contributed by atoms with E-state index in [0.29, 0.717) is 19.3 Å². The highest BCUT2D eigenvalue weighted by Gasteiger charge is 2.20. The maximum atomic E-state index is 11.8. The van der Waals surface area contributed by atoms with Crippen LogP contribution in [0.2, 0.25) is 0 Å². The molecule has 0 aliphatic heterocycles. The van der Waals surface area contributed by atoms with E-state index in [1.807, 2.05) is 30.3 Å². The average Bonchev–Trinajstić information content (AvgIpc) is 2.46. The van der Waals surface area contributed by atoms with Crippen LogP contribution in [0, 0.1) is 0 Å². The van der Waals surface area contributed by atoms with Crippen molar-refractivity contribution in [3.63, 3.8) is 0 Å². The van der Waals surface area contributed by atoms with Crippen molar-refractivity contribution in [3.8, 4) is 0 Å². The van der Waals surface area contributed by atoms with Gasteiger partial charge in [0.25, 0.3) is 0 Å². The number of carbonyl (C=O) groups is 2. The molecule has 1 aromatic heterocycles. The number of hydrogen-bond donors (Lipinski definition) is 2. The van der Waals surface area contributed by atoms with Gasteiger partial charge < -0.3 is 11.5 Å². The maximum absolute atomic E-state index is 11.8. The van der Waals surface area contributed by atoms with E-state index in [0.717, 1.165) is 22.9 Å². The van der Waals surface area contributed by atoms with E-state index in [9.17, 15) is 9.59 Å². The first kappa shape index (κ1) is 15.0. The zero-order valence-electron chi connectivity index (χ0n) is 11.8. The summed E-state index contributed by atoms with van der Waals surface area (Å²) in [5.74, 6) is -1.08. The van der Waals surface area contributed by atoms with Crippen LogP contribution in [-0.2, 0) is 9.59 Å². The highest BCUT2D eigenvalue weighted by molar-refractivity contribution is 5.90. The highest BCUT2D eigenvalue weighted by atomic mass is 16.1. The van der Waals surface area contributed by atoms with E-state index in [1.54, 1.807) is 6.20 Å². The van der Waals surface area contributed by atoms with Crippen molar-refractivity contribution in [2.45, 2.75) is 31.6 Å². The summed E-state index contributed by atoms with van der Waals surface area (Å²) in [6.45, 7) is 0. The van der Waals surface area contributed by atoms with Gasteiger partial charge >= 0.3 is 0 Å². The van der Waals surface area contributed by atoms with Crippen LogP contribution in [0.25, 0.3) is 10.9 Å². The summed E-state index contributed by atoms with van der Waals surface area (Å²) in [7, 11) is 0.